The highest BCUT2D eigenvalue weighted by molar-refractivity contribution is 5.91. The maximum atomic E-state index is 12.2. The molecule has 0 bridgehead atoms. The van der Waals surface area contributed by atoms with Gasteiger partial charge in [0, 0.05) is 11.8 Å². The van der Waals surface area contributed by atoms with Gasteiger partial charge in [0.15, 0.2) is 18.0 Å². The number of amides is 1. The Labute approximate surface area is 131 Å². The largest absolute Gasteiger partial charge is 0.493 e. The third-order valence-electron chi connectivity index (χ3n) is 3.69. The zero-order valence-corrected chi connectivity index (χ0v) is 13.6. The zero-order chi connectivity index (χ0) is 16.1. The van der Waals surface area contributed by atoms with Crippen molar-refractivity contribution in [3.63, 3.8) is 0 Å². The summed E-state index contributed by atoms with van der Waals surface area (Å²) in [5.74, 6) is 1.23. The molecule has 6 heteroatoms. The first kappa shape index (κ1) is 16.6. The third kappa shape index (κ3) is 4.35. The minimum atomic E-state index is -0.0106. The molecule has 1 aliphatic rings. The second-order valence-electron chi connectivity index (χ2n) is 5.71. The second kappa shape index (κ2) is 7.47. The van der Waals surface area contributed by atoms with Gasteiger partial charge in [-0.2, -0.15) is 0 Å². The van der Waals surface area contributed by atoms with Gasteiger partial charge in [-0.05, 0) is 26.0 Å². The van der Waals surface area contributed by atoms with E-state index in [2.05, 4.69) is 5.32 Å². The third-order valence-corrected chi connectivity index (χ3v) is 3.69. The Bertz CT molecular complexity index is 511. The van der Waals surface area contributed by atoms with E-state index in [4.69, 9.17) is 14.2 Å². The first-order valence-electron chi connectivity index (χ1n) is 7.52. The molecule has 1 amide bonds. The molecule has 3 atom stereocenters. The van der Waals surface area contributed by atoms with Crippen molar-refractivity contribution in [3.8, 4) is 11.5 Å². The summed E-state index contributed by atoms with van der Waals surface area (Å²) in [5, 5.41) is 2.91. The number of quaternary nitrogens is 1. The lowest BCUT2D eigenvalue weighted by Crippen LogP contribution is -3.16. The molecular formula is C16H25N2O4+. The Hall–Kier alpha value is -1.79. The Morgan fingerprint density at radius 1 is 1.23 bits per heavy atom. The van der Waals surface area contributed by atoms with Crippen molar-refractivity contribution >= 4 is 11.6 Å². The minimum Gasteiger partial charge on any atom is -0.493 e. The predicted molar refractivity (Wildman–Crippen MR) is 83.7 cm³/mol. The van der Waals surface area contributed by atoms with Crippen LogP contribution in [0.1, 0.15) is 13.8 Å². The molecule has 0 aromatic heterocycles. The molecule has 2 rings (SSSR count). The number of carbonyl (C=O) groups excluding carboxylic acids is 1. The Balaban J connectivity index is 1.94. The summed E-state index contributed by atoms with van der Waals surface area (Å²) in [6.45, 7) is 6.23. The van der Waals surface area contributed by atoms with Gasteiger partial charge in [-0.15, -0.1) is 0 Å². The summed E-state index contributed by atoms with van der Waals surface area (Å²) >= 11 is 0. The van der Waals surface area contributed by atoms with Gasteiger partial charge >= 0.3 is 0 Å². The highest BCUT2D eigenvalue weighted by atomic mass is 16.5. The van der Waals surface area contributed by atoms with Gasteiger partial charge in [0.05, 0.1) is 14.2 Å². The molecule has 2 N–H and O–H groups in total. The fourth-order valence-corrected chi connectivity index (χ4v) is 2.88. The van der Waals surface area contributed by atoms with E-state index in [0.717, 1.165) is 13.1 Å². The van der Waals surface area contributed by atoms with Crippen LogP contribution in [0.25, 0.3) is 0 Å². The SMILES string of the molecule is COc1ccc(NC(=O)C[NH+]2C[C@@H](C)O[C@@H](C)C2)cc1OC. The minimum absolute atomic E-state index is 0.0106. The highest BCUT2D eigenvalue weighted by Gasteiger charge is 2.27. The summed E-state index contributed by atoms with van der Waals surface area (Å²) in [7, 11) is 3.16. The van der Waals surface area contributed by atoms with E-state index >= 15 is 0 Å². The molecule has 0 aliphatic carbocycles. The van der Waals surface area contributed by atoms with E-state index in [9.17, 15) is 4.79 Å². The number of hydrogen-bond acceptors (Lipinski definition) is 4. The van der Waals surface area contributed by atoms with Crippen LogP contribution in [0.2, 0.25) is 0 Å². The van der Waals surface area contributed by atoms with E-state index in [0.29, 0.717) is 23.7 Å². The molecule has 1 aromatic carbocycles. The quantitative estimate of drug-likeness (QED) is 0.823. The van der Waals surface area contributed by atoms with Gasteiger partial charge in [0.1, 0.15) is 25.3 Å². The molecule has 22 heavy (non-hydrogen) atoms. The fourth-order valence-electron chi connectivity index (χ4n) is 2.88. The molecule has 1 aliphatic heterocycles. The topological polar surface area (TPSA) is 61.2 Å². The normalized spacial score (nSPS) is 24.6. The maximum Gasteiger partial charge on any atom is 0.279 e. The number of hydrogen-bond donors (Lipinski definition) is 2. The molecule has 0 spiro atoms. The van der Waals surface area contributed by atoms with Gasteiger partial charge in [0.2, 0.25) is 0 Å². The summed E-state index contributed by atoms with van der Waals surface area (Å²) in [5.41, 5.74) is 0.705. The van der Waals surface area contributed by atoms with Crippen LogP contribution in [0.5, 0.6) is 11.5 Å². The lowest BCUT2D eigenvalue weighted by Gasteiger charge is -2.31. The average molecular weight is 309 g/mol. The summed E-state index contributed by atoms with van der Waals surface area (Å²) in [4.78, 5) is 13.4. The van der Waals surface area contributed by atoms with Crippen LogP contribution in [0, 0.1) is 0 Å². The predicted octanol–water partition coefficient (Wildman–Crippen LogP) is 0.334. The maximum absolute atomic E-state index is 12.2. The van der Waals surface area contributed by atoms with Crippen molar-refractivity contribution in [2.75, 3.05) is 39.2 Å². The lowest BCUT2D eigenvalue weighted by molar-refractivity contribution is -0.907. The van der Waals surface area contributed by atoms with Crippen LogP contribution in [-0.2, 0) is 9.53 Å². The van der Waals surface area contributed by atoms with E-state index < -0.39 is 0 Å². The van der Waals surface area contributed by atoms with Crippen molar-refractivity contribution in [2.24, 2.45) is 0 Å². The van der Waals surface area contributed by atoms with Gasteiger partial charge in [-0.3, -0.25) is 4.79 Å². The number of benzene rings is 1. The van der Waals surface area contributed by atoms with Gasteiger partial charge < -0.3 is 24.4 Å². The molecule has 6 nitrogen and oxygen atoms in total. The smallest absolute Gasteiger partial charge is 0.279 e. The van der Waals surface area contributed by atoms with E-state index in [-0.39, 0.29) is 18.1 Å². The number of carbonyl (C=O) groups is 1. The zero-order valence-electron chi connectivity index (χ0n) is 13.6. The average Bonchev–Trinajstić information content (AvgIpc) is 2.45. The second-order valence-corrected chi connectivity index (χ2v) is 5.71. The number of anilines is 1. The highest BCUT2D eigenvalue weighted by Crippen LogP contribution is 2.29. The van der Waals surface area contributed by atoms with Gasteiger partial charge in [0.25, 0.3) is 5.91 Å². The van der Waals surface area contributed by atoms with Crippen molar-refractivity contribution in [1.29, 1.82) is 0 Å². The summed E-state index contributed by atoms with van der Waals surface area (Å²) in [6, 6.07) is 5.34. The van der Waals surface area contributed by atoms with Crippen LogP contribution in [-0.4, -0.2) is 52.0 Å². The number of ether oxygens (including phenoxy) is 3. The summed E-state index contributed by atoms with van der Waals surface area (Å²) in [6.07, 6.45) is 0.375. The lowest BCUT2D eigenvalue weighted by atomic mass is 10.2. The fraction of sp³-hybridized carbons (Fsp3) is 0.562. The van der Waals surface area contributed by atoms with Crippen LogP contribution in [0.3, 0.4) is 0 Å². The molecule has 1 saturated heterocycles. The number of nitrogens with one attached hydrogen (secondary N) is 2. The van der Waals surface area contributed by atoms with Crippen molar-refractivity contribution < 1.29 is 23.9 Å². The van der Waals surface area contributed by atoms with Crippen LogP contribution in [0.4, 0.5) is 5.69 Å². The van der Waals surface area contributed by atoms with Crippen molar-refractivity contribution in [1.82, 2.24) is 0 Å². The Morgan fingerprint density at radius 2 is 1.86 bits per heavy atom. The standard InChI is InChI=1S/C16H24N2O4/c1-11-8-18(9-12(2)22-11)10-16(19)17-13-5-6-14(20-3)15(7-13)21-4/h5-7,11-12H,8-10H2,1-4H3,(H,17,19)/p+1/t11-,12+. The molecule has 1 fully saturated rings. The molecule has 1 unspecified atom stereocenters. The monoisotopic (exact) mass is 309 g/mol. The number of morpholine rings is 1. The Morgan fingerprint density at radius 3 is 2.45 bits per heavy atom. The van der Waals surface area contributed by atoms with Gasteiger partial charge in [-0.1, -0.05) is 0 Å². The van der Waals surface area contributed by atoms with Gasteiger partial charge in [-0.25, -0.2) is 0 Å². The van der Waals surface area contributed by atoms with E-state index in [1.165, 1.54) is 4.90 Å². The Kier molecular flexibility index (Phi) is 5.63. The molecule has 1 heterocycles. The molecule has 0 saturated carbocycles. The number of methoxy groups -OCH3 is 2. The van der Waals surface area contributed by atoms with Crippen molar-refractivity contribution in [2.45, 2.75) is 26.1 Å². The van der Waals surface area contributed by atoms with E-state index in [1.54, 1.807) is 32.4 Å². The molecule has 0 radical (unpaired) electrons. The van der Waals surface area contributed by atoms with Crippen LogP contribution >= 0.6 is 0 Å². The molecule has 1 aromatic rings. The first-order valence-corrected chi connectivity index (χ1v) is 7.52. The van der Waals surface area contributed by atoms with Crippen LogP contribution < -0.4 is 19.7 Å². The number of rotatable bonds is 5. The molecular weight excluding hydrogens is 284 g/mol. The summed E-state index contributed by atoms with van der Waals surface area (Å²) < 4.78 is 16.1. The molecule has 122 valence electrons. The van der Waals surface area contributed by atoms with Crippen LogP contribution in [0.15, 0.2) is 18.2 Å². The van der Waals surface area contributed by atoms with Crippen molar-refractivity contribution in [3.05, 3.63) is 18.2 Å². The first-order chi connectivity index (χ1) is 10.5. The van der Waals surface area contributed by atoms with E-state index in [1.807, 2.05) is 13.8 Å².